The summed E-state index contributed by atoms with van der Waals surface area (Å²) in [6.07, 6.45) is -3.42. The minimum Gasteiger partial charge on any atom is -0.478 e. The van der Waals surface area contributed by atoms with Crippen molar-refractivity contribution in [3.05, 3.63) is 53.1 Å². The van der Waals surface area contributed by atoms with Gasteiger partial charge in [-0.25, -0.2) is 9.18 Å². The number of halogens is 4. The fraction of sp³-hybridized carbons (Fsp3) is 0.167. The lowest BCUT2D eigenvalue weighted by Crippen LogP contribution is -2.09. The lowest BCUT2D eigenvalue weighted by atomic mass is 10.1. The van der Waals surface area contributed by atoms with Crippen LogP contribution in [0.1, 0.15) is 21.6 Å². The summed E-state index contributed by atoms with van der Waals surface area (Å²) in [6.45, 7) is -0.0904. The van der Waals surface area contributed by atoms with Crippen molar-refractivity contribution in [3.63, 3.8) is 0 Å². The highest BCUT2D eigenvalue weighted by Gasteiger charge is 2.33. The Morgan fingerprint density at radius 3 is 2.50 bits per heavy atom. The minimum absolute atomic E-state index is 0.0904. The van der Waals surface area contributed by atoms with Gasteiger partial charge in [-0.15, -0.1) is 0 Å². The van der Waals surface area contributed by atoms with E-state index in [9.17, 15) is 22.4 Å². The largest absolute Gasteiger partial charge is 0.478 e. The van der Waals surface area contributed by atoms with Crippen molar-refractivity contribution in [1.29, 1.82) is 0 Å². The van der Waals surface area contributed by atoms with E-state index >= 15 is 0 Å². The van der Waals surface area contributed by atoms with Gasteiger partial charge in [0.1, 0.15) is 5.82 Å². The molecule has 2 rings (SSSR count). The van der Waals surface area contributed by atoms with Crippen LogP contribution in [0, 0.1) is 5.82 Å². The molecule has 0 spiro atoms. The number of aromatic carboxylic acids is 1. The number of alkyl halides is 3. The molecule has 20 heavy (non-hydrogen) atoms. The standard InChI is InChI=1S/C12H8F4N2O2/c13-9-5-7(1-2-8(9)11(19)20)6-18-4-3-10(17-18)12(14,15)16/h1-5H,6H2,(H,19,20). The van der Waals surface area contributed by atoms with E-state index in [0.29, 0.717) is 5.56 Å². The second-order valence-electron chi connectivity index (χ2n) is 4.02. The van der Waals surface area contributed by atoms with E-state index in [-0.39, 0.29) is 6.54 Å². The van der Waals surface area contributed by atoms with Crippen molar-refractivity contribution < 1.29 is 27.5 Å². The number of carboxylic acid groups (broad SMARTS) is 1. The molecule has 0 aliphatic carbocycles. The maximum Gasteiger partial charge on any atom is 0.435 e. The van der Waals surface area contributed by atoms with E-state index in [1.807, 2.05) is 0 Å². The molecule has 4 nitrogen and oxygen atoms in total. The third-order valence-electron chi connectivity index (χ3n) is 2.54. The maximum atomic E-state index is 13.4. The Bertz CT molecular complexity index is 649. The van der Waals surface area contributed by atoms with Gasteiger partial charge in [0.2, 0.25) is 0 Å². The zero-order valence-corrected chi connectivity index (χ0v) is 9.86. The van der Waals surface area contributed by atoms with Gasteiger partial charge in [-0.2, -0.15) is 18.3 Å². The Kier molecular flexibility index (Phi) is 3.47. The van der Waals surface area contributed by atoms with Gasteiger partial charge < -0.3 is 5.11 Å². The average Bonchev–Trinajstić information content (AvgIpc) is 2.76. The first-order valence-electron chi connectivity index (χ1n) is 5.40. The molecule has 106 valence electrons. The quantitative estimate of drug-likeness (QED) is 0.884. The van der Waals surface area contributed by atoms with Crippen molar-refractivity contribution in [2.75, 3.05) is 0 Å². The third kappa shape index (κ3) is 2.95. The van der Waals surface area contributed by atoms with Crippen molar-refractivity contribution in [3.8, 4) is 0 Å². The number of hydrogen-bond acceptors (Lipinski definition) is 2. The molecule has 0 atom stereocenters. The zero-order chi connectivity index (χ0) is 14.9. The van der Waals surface area contributed by atoms with E-state index < -0.39 is 29.2 Å². The van der Waals surface area contributed by atoms with Crippen molar-refractivity contribution in [1.82, 2.24) is 9.78 Å². The van der Waals surface area contributed by atoms with Crippen LogP contribution >= 0.6 is 0 Å². The van der Waals surface area contributed by atoms with Crippen molar-refractivity contribution in [2.24, 2.45) is 0 Å². The van der Waals surface area contributed by atoms with Gasteiger partial charge in [-0.05, 0) is 23.8 Å². The molecule has 1 aromatic carbocycles. The molecule has 0 saturated carbocycles. The normalized spacial score (nSPS) is 11.6. The predicted molar refractivity (Wildman–Crippen MR) is 59.7 cm³/mol. The van der Waals surface area contributed by atoms with Gasteiger partial charge in [0.05, 0.1) is 12.1 Å². The Morgan fingerprint density at radius 1 is 1.30 bits per heavy atom. The van der Waals surface area contributed by atoms with E-state index in [2.05, 4.69) is 5.10 Å². The summed E-state index contributed by atoms with van der Waals surface area (Å²) in [5.41, 5.74) is -1.23. The highest BCUT2D eigenvalue weighted by Crippen LogP contribution is 2.27. The molecular formula is C12H8F4N2O2. The van der Waals surface area contributed by atoms with Gasteiger partial charge in [-0.3, -0.25) is 4.68 Å². The molecule has 0 aliphatic heterocycles. The average molecular weight is 288 g/mol. The van der Waals surface area contributed by atoms with E-state index in [4.69, 9.17) is 5.11 Å². The number of hydrogen-bond donors (Lipinski definition) is 1. The van der Waals surface area contributed by atoms with Crippen LogP contribution in [0.25, 0.3) is 0 Å². The number of carbonyl (C=O) groups is 1. The first-order chi connectivity index (χ1) is 9.27. The van der Waals surface area contributed by atoms with Crippen molar-refractivity contribution >= 4 is 5.97 Å². The molecule has 2 aromatic rings. The Hall–Kier alpha value is -2.38. The monoisotopic (exact) mass is 288 g/mol. The van der Waals surface area contributed by atoms with Crippen LogP contribution in [0.5, 0.6) is 0 Å². The van der Waals surface area contributed by atoms with Crippen LogP contribution in [0.3, 0.4) is 0 Å². The summed E-state index contributed by atoms with van der Waals surface area (Å²) in [4.78, 5) is 10.6. The number of rotatable bonds is 3. The van der Waals surface area contributed by atoms with E-state index in [0.717, 1.165) is 29.1 Å². The zero-order valence-electron chi connectivity index (χ0n) is 9.86. The summed E-state index contributed by atoms with van der Waals surface area (Å²) in [5.74, 6) is -2.36. The molecule has 0 radical (unpaired) electrons. The number of carboxylic acids is 1. The fourth-order valence-electron chi connectivity index (χ4n) is 1.62. The molecule has 0 aliphatic rings. The van der Waals surface area contributed by atoms with Gasteiger partial charge >= 0.3 is 12.1 Å². The lowest BCUT2D eigenvalue weighted by molar-refractivity contribution is -0.141. The van der Waals surface area contributed by atoms with Crippen LogP contribution in [0.15, 0.2) is 30.5 Å². The molecule has 0 unspecified atom stereocenters. The second-order valence-corrected chi connectivity index (χ2v) is 4.02. The fourth-order valence-corrected chi connectivity index (χ4v) is 1.62. The molecule has 1 N–H and O–H groups in total. The van der Waals surface area contributed by atoms with Gasteiger partial charge in [0.15, 0.2) is 5.69 Å². The number of nitrogens with zero attached hydrogens (tertiary/aromatic N) is 2. The van der Waals surface area contributed by atoms with E-state index in [1.165, 1.54) is 6.07 Å². The molecule has 0 amide bonds. The molecule has 1 aromatic heterocycles. The van der Waals surface area contributed by atoms with Gasteiger partial charge in [0.25, 0.3) is 0 Å². The smallest absolute Gasteiger partial charge is 0.435 e. The SMILES string of the molecule is O=C(O)c1ccc(Cn2ccc(C(F)(F)F)n2)cc1F. The molecule has 0 saturated heterocycles. The molecule has 0 bridgehead atoms. The summed E-state index contributed by atoms with van der Waals surface area (Å²) in [7, 11) is 0. The summed E-state index contributed by atoms with van der Waals surface area (Å²) < 4.78 is 51.4. The summed E-state index contributed by atoms with van der Waals surface area (Å²) >= 11 is 0. The predicted octanol–water partition coefficient (Wildman–Crippen LogP) is 2.79. The highest BCUT2D eigenvalue weighted by molar-refractivity contribution is 5.87. The van der Waals surface area contributed by atoms with Gasteiger partial charge in [0, 0.05) is 6.20 Å². The third-order valence-corrected chi connectivity index (χ3v) is 2.54. The van der Waals surface area contributed by atoms with E-state index in [1.54, 1.807) is 0 Å². The first-order valence-corrected chi connectivity index (χ1v) is 5.40. The molecule has 1 heterocycles. The highest BCUT2D eigenvalue weighted by atomic mass is 19.4. The summed E-state index contributed by atoms with van der Waals surface area (Å²) in [5, 5.41) is 12.0. The Labute approximate surface area is 110 Å². The molecule has 0 fully saturated rings. The van der Waals surface area contributed by atoms with Crippen LogP contribution in [0.4, 0.5) is 17.6 Å². The van der Waals surface area contributed by atoms with Crippen LogP contribution in [-0.2, 0) is 12.7 Å². The summed E-state index contributed by atoms with van der Waals surface area (Å²) in [6, 6.07) is 4.14. The lowest BCUT2D eigenvalue weighted by Gasteiger charge is -2.05. The minimum atomic E-state index is -4.54. The van der Waals surface area contributed by atoms with Crippen molar-refractivity contribution in [2.45, 2.75) is 12.7 Å². The molecule has 8 heteroatoms. The topological polar surface area (TPSA) is 55.1 Å². The second kappa shape index (κ2) is 4.95. The Balaban J connectivity index is 2.20. The van der Waals surface area contributed by atoms with Gasteiger partial charge in [-0.1, -0.05) is 6.07 Å². The van der Waals surface area contributed by atoms with Crippen LogP contribution < -0.4 is 0 Å². The van der Waals surface area contributed by atoms with Crippen LogP contribution in [-0.4, -0.2) is 20.9 Å². The molecular weight excluding hydrogens is 280 g/mol. The Morgan fingerprint density at radius 2 is 2.00 bits per heavy atom. The first kappa shape index (κ1) is 14.0. The maximum absolute atomic E-state index is 13.4. The number of benzene rings is 1. The van der Waals surface area contributed by atoms with Crippen LogP contribution in [0.2, 0.25) is 0 Å². The number of aromatic nitrogens is 2.